The number of nitrogens with one attached hydrogen (secondary N) is 1. The van der Waals surface area contributed by atoms with Gasteiger partial charge in [0.2, 0.25) is 5.91 Å². The van der Waals surface area contributed by atoms with E-state index in [2.05, 4.69) is 10.3 Å². The Bertz CT molecular complexity index is 474. The largest absolute Gasteiger partial charge is 0.478 e. The van der Waals surface area contributed by atoms with Crippen molar-refractivity contribution in [1.82, 2.24) is 10.3 Å². The Morgan fingerprint density at radius 3 is 2.53 bits per heavy atom. The quantitative estimate of drug-likeness (QED) is 0.803. The third-order valence-corrected chi connectivity index (χ3v) is 2.72. The number of anilines is 1. The number of likely N-dealkylation sites (N-methyl/N-ethyl adjacent to an activating group) is 2. The number of pyridine rings is 1. The fourth-order valence-electron chi connectivity index (χ4n) is 1.73. The van der Waals surface area contributed by atoms with Crippen LogP contribution in [0.1, 0.15) is 29.9 Å². The number of carbonyl (C=O) groups excluding carboxylic acids is 1. The molecule has 6 nitrogen and oxygen atoms in total. The van der Waals surface area contributed by atoms with E-state index in [-0.39, 0.29) is 18.0 Å². The molecule has 0 saturated carbocycles. The molecule has 0 bridgehead atoms. The van der Waals surface area contributed by atoms with E-state index in [1.54, 1.807) is 17.9 Å². The second-order valence-electron chi connectivity index (χ2n) is 4.08. The highest BCUT2D eigenvalue weighted by molar-refractivity contribution is 5.89. The highest BCUT2D eigenvalue weighted by Crippen LogP contribution is 2.14. The molecule has 104 valence electrons. The highest BCUT2D eigenvalue weighted by atomic mass is 16.4. The van der Waals surface area contributed by atoms with Gasteiger partial charge in [0.25, 0.3) is 0 Å². The van der Waals surface area contributed by atoms with Gasteiger partial charge in [-0.3, -0.25) is 4.79 Å². The molecule has 1 heterocycles. The van der Waals surface area contributed by atoms with Gasteiger partial charge in [0, 0.05) is 13.1 Å². The fourth-order valence-corrected chi connectivity index (χ4v) is 1.73. The molecule has 0 radical (unpaired) electrons. The number of nitrogens with zero attached hydrogens (tertiary/aromatic N) is 2. The molecule has 0 saturated heterocycles. The number of carbonyl (C=O) groups is 2. The number of hydrogen-bond acceptors (Lipinski definition) is 4. The van der Waals surface area contributed by atoms with Crippen molar-refractivity contribution in [2.45, 2.75) is 20.8 Å². The Balaban J connectivity index is 2.90. The lowest BCUT2D eigenvalue weighted by molar-refractivity contribution is -0.119. The van der Waals surface area contributed by atoms with E-state index in [1.165, 1.54) is 6.07 Å². The molecule has 0 atom stereocenters. The lowest BCUT2D eigenvalue weighted by Crippen LogP contribution is -2.37. The monoisotopic (exact) mass is 265 g/mol. The third-order valence-electron chi connectivity index (χ3n) is 2.72. The number of carboxylic acid groups (broad SMARTS) is 1. The predicted molar refractivity (Wildman–Crippen MR) is 72.5 cm³/mol. The summed E-state index contributed by atoms with van der Waals surface area (Å²) in [5.74, 6) is -0.467. The molecular weight excluding hydrogens is 246 g/mol. The average molecular weight is 265 g/mol. The highest BCUT2D eigenvalue weighted by Gasteiger charge is 2.14. The number of aromatic carboxylic acids is 1. The van der Waals surface area contributed by atoms with Crippen LogP contribution in [0.4, 0.5) is 5.82 Å². The number of aryl methyl sites for hydroxylation is 1. The first-order valence-corrected chi connectivity index (χ1v) is 6.22. The van der Waals surface area contributed by atoms with E-state index in [9.17, 15) is 9.59 Å². The minimum absolute atomic E-state index is 0.0777. The molecule has 0 unspecified atom stereocenters. The first-order chi connectivity index (χ1) is 8.99. The van der Waals surface area contributed by atoms with Crippen molar-refractivity contribution in [3.05, 3.63) is 23.4 Å². The van der Waals surface area contributed by atoms with Gasteiger partial charge in [0.15, 0.2) is 0 Å². The van der Waals surface area contributed by atoms with Gasteiger partial charge in [-0.05, 0) is 32.9 Å². The van der Waals surface area contributed by atoms with Gasteiger partial charge in [-0.25, -0.2) is 9.78 Å². The molecule has 2 N–H and O–H groups in total. The Hall–Kier alpha value is -2.11. The molecule has 0 fully saturated rings. The van der Waals surface area contributed by atoms with Crippen LogP contribution in [0.5, 0.6) is 0 Å². The molecule has 19 heavy (non-hydrogen) atoms. The summed E-state index contributed by atoms with van der Waals surface area (Å²) in [6.45, 7) is 6.84. The molecule has 0 aromatic carbocycles. The van der Waals surface area contributed by atoms with Crippen molar-refractivity contribution < 1.29 is 14.7 Å². The second kappa shape index (κ2) is 6.72. The van der Waals surface area contributed by atoms with E-state index >= 15 is 0 Å². The third kappa shape index (κ3) is 3.94. The molecule has 1 rings (SSSR count). The van der Waals surface area contributed by atoms with E-state index in [0.717, 1.165) is 0 Å². The van der Waals surface area contributed by atoms with Crippen molar-refractivity contribution in [3.8, 4) is 0 Å². The van der Waals surface area contributed by atoms with Crippen molar-refractivity contribution >= 4 is 17.7 Å². The maximum absolute atomic E-state index is 11.6. The molecule has 0 aliphatic rings. The molecule has 6 heteroatoms. The van der Waals surface area contributed by atoms with Crippen molar-refractivity contribution in [2.24, 2.45) is 0 Å². The standard InChI is InChI=1S/C13H19N3O3/c1-4-14-12(17)8-16(5-2)11-7-6-10(13(18)19)9(3)15-11/h6-7H,4-5,8H2,1-3H3,(H,14,17)(H,18,19). The zero-order valence-electron chi connectivity index (χ0n) is 11.4. The van der Waals surface area contributed by atoms with Crippen LogP contribution in [0.2, 0.25) is 0 Å². The zero-order chi connectivity index (χ0) is 14.4. The van der Waals surface area contributed by atoms with Crippen LogP contribution in [0.3, 0.4) is 0 Å². The Labute approximate surface area is 112 Å². The summed E-state index contributed by atoms with van der Waals surface area (Å²) in [4.78, 5) is 28.5. The van der Waals surface area contributed by atoms with Gasteiger partial charge in [0.1, 0.15) is 5.82 Å². The summed E-state index contributed by atoms with van der Waals surface area (Å²) in [5, 5.41) is 11.7. The molecule has 1 aromatic heterocycles. The lowest BCUT2D eigenvalue weighted by Gasteiger charge is -2.21. The number of rotatable bonds is 6. The van der Waals surface area contributed by atoms with Crippen LogP contribution in [0.15, 0.2) is 12.1 Å². The molecule has 0 aliphatic heterocycles. The second-order valence-corrected chi connectivity index (χ2v) is 4.08. The fraction of sp³-hybridized carbons (Fsp3) is 0.462. The number of hydrogen-bond donors (Lipinski definition) is 2. The van der Waals surface area contributed by atoms with Crippen LogP contribution >= 0.6 is 0 Å². The van der Waals surface area contributed by atoms with Gasteiger partial charge in [-0.2, -0.15) is 0 Å². The van der Waals surface area contributed by atoms with E-state index in [4.69, 9.17) is 5.11 Å². The number of carboxylic acids is 1. The van der Waals surface area contributed by atoms with Gasteiger partial charge >= 0.3 is 5.97 Å². The topological polar surface area (TPSA) is 82.5 Å². The maximum atomic E-state index is 11.6. The van der Waals surface area contributed by atoms with Gasteiger partial charge in [0.05, 0.1) is 17.8 Å². The zero-order valence-corrected chi connectivity index (χ0v) is 11.4. The van der Waals surface area contributed by atoms with Crippen molar-refractivity contribution in [2.75, 3.05) is 24.5 Å². The Kier molecular flexibility index (Phi) is 5.29. The normalized spacial score (nSPS) is 10.1. The van der Waals surface area contributed by atoms with Crippen molar-refractivity contribution in [1.29, 1.82) is 0 Å². The maximum Gasteiger partial charge on any atom is 0.337 e. The van der Waals surface area contributed by atoms with E-state index in [0.29, 0.717) is 24.6 Å². The first kappa shape index (κ1) is 14.9. The predicted octanol–water partition coefficient (Wildman–Crippen LogP) is 1.05. The summed E-state index contributed by atoms with van der Waals surface area (Å²) in [5.41, 5.74) is 0.622. The Morgan fingerprint density at radius 2 is 2.05 bits per heavy atom. The van der Waals surface area contributed by atoms with Crippen LogP contribution in [-0.4, -0.2) is 41.6 Å². The molecule has 0 spiro atoms. The summed E-state index contributed by atoms with van der Waals surface area (Å²) in [7, 11) is 0. The summed E-state index contributed by atoms with van der Waals surface area (Å²) >= 11 is 0. The minimum atomic E-state index is -0.997. The summed E-state index contributed by atoms with van der Waals surface area (Å²) < 4.78 is 0. The summed E-state index contributed by atoms with van der Waals surface area (Å²) in [6, 6.07) is 3.14. The Morgan fingerprint density at radius 1 is 1.37 bits per heavy atom. The molecule has 1 amide bonds. The molecule has 1 aromatic rings. The number of amides is 1. The first-order valence-electron chi connectivity index (χ1n) is 6.22. The number of aromatic nitrogens is 1. The average Bonchev–Trinajstić information content (AvgIpc) is 2.35. The van der Waals surface area contributed by atoms with Gasteiger partial charge < -0.3 is 15.3 Å². The van der Waals surface area contributed by atoms with E-state index in [1.807, 2.05) is 13.8 Å². The van der Waals surface area contributed by atoms with Gasteiger partial charge in [-0.15, -0.1) is 0 Å². The smallest absolute Gasteiger partial charge is 0.337 e. The van der Waals surface area contributed by atoms with E-state index < -0.39 is 5.97 Å². The van der Waals surface area contributed by atoms with Crippen LogP contribution in [0.25, 0.3) is 0 Å². The minimum Gasteiger partial charge on any atom is -0.478 e. The molecular formula is C13H19N3O3. The molecule has 0 aliphatic carbocycles. The summed E-state index contributed by atoms with van der Waals surface area (Å²) in [6.07, 6.45) is 0. The lowest BCUT2D eigenvalue weighted by atomic mass is 10.2. The van der Waals surface area contributed by atoms with Crippen LogP contribution in [-0.2, 0) is 4.79 Å². The van der Waals surface area contributed by atoms with Crippen LogP contribution in [0, 0.1) is 6.92 Å². The SMILES string of the molecule is CCNC(=O)CN(CC)c1ccc(C(=O)O)c(C)n1. The van der Waals surface area contributed by atoms with Gasteiger partial charge in [-0.1, -0.05) is 0 Å². The van der Waals surface area contributed by atoms with Crippen LogP contribution < -0.4 is 10.2 Å². The van der Waals surface area contributed by atoms with Crippen molar-refractivity contribution in [3.63, 3.8) is 0 Å².